The van der Waals surface area contributed by atoms with Crippen molar-refractivity contribution < 1.29 is 9.53 Å². The molecule has 0 saturated carbocycles. The van der Waals surface area contributed by atoms with Crippen LogP contribution in [0.5, 0.6) is 0 Å². The first-order valence-electron chi connectivity index (χ1n) is 10.1. The van der Waals surface area contributed by atoms with Gasteiger partial charge in [-0.05, 0) is 30.7 Å². The zero-order valence-corrected chi connectivity index (χ0v) is 17.3. The van der Waals surface area contributed by atoms with Crippen LogP contribution in [-0.4, -0.2) is 49.5 Å². The van der Waals surface area contributed by atoms with E-state index in [0.29, 0.717) is 25.3 Å². The molecule has 2 aromatic rings. The third-order valence-electron chi connectivity index (χ3n) is 5.60. The Bertz CT molecular complexity index is 946. The molecule has 4 rings (SSSR count). The number of benzene rings is 2. The van der Waals surface area contributed by atoms with E-state index < -0.39 is 0 Å². The van der Waals surface area contributed by atoms with Crippen molar-refractivity contribution in [2.75, 3.05) is 37.9 Å². The number of fused-ring (bicyclic) bond motifs is 1. The average Bonchev–Trinajstić information content (AvgIpc) is 2.72. The summed E-state index contributed by atoms with van der Waals surface area (Å²) in [6, 6.07) is 14.2. The second-order valence-corrected chi connectivity index (χ2v) is 8.06. The van der Waals surface area contributed by atoms with Crippen molar-refractivity contribution in [1.82, 2.24) is 4.90 Å². The summed E-state index contributed by atoms with van der Waals surface area (Å²) >= 11 is 0. The van der Waals surface area contributed by atoms with Crippen LogP contribution in [0.3, 0.4) is 0 Å². The summed E-state index contributed by atoms with van der Waals surface area (Å²) in [6.07, 6.45) is 1.70. The van der Waals surface area contributed by atoms with E-state index >= 15 is 0 Å². The summed E-state index contributed by atoms with van der Waals surface area (Å²) in [4.78, 5) is 18.9. The molecule has 1 fully saturated rings. The minimum absolute atomic E-state index is 0.0146. The molecule has 0 aromatic heterocycles. The Balaban J connectivity index is 1.68. The van der Waals surface area contributed by atoms with E-state index in [1.54, 1.807) is 19.0 Å². The van der Waals surface area contributed by atoms with Gasteiger partial charge in [-0.25, -0.2) is 0 Å². The highest BCUT2D eigenvalue weighted by Gasteiger charge is 2.41. The van der Waals surface area contributed by atoms with Gasteiger partial charge >= 0.3 is 0 Å². The molecule has 2 aromatic carbocycles. The Morgan fingerprint density at radius 1 is 1.14 bits per heavy atom. The second kappa shape index (κ2) is 7.87. The van der Waals surface area contributed by atoms with E-state index in [0.717, 1.165) is 30.1 Å². The van der Waals surface area contributed by atoms with E-state index in [4.69, 9.17) is 9.73 Å². The summed E-state index contributed by atoms with van der Waals surface area (Å²) in [7, 11) is 3.53. The van der Waals surface area contributed by atoms with E-state index in [1.165, 1.54) is 11.1 Å². The number of carbonyl (C=O) groups is 1. The van der Waals surface area contributed by atoms with Gasteiger partial charge in [0.25, 0.3) is 5.91 Å². The lowest BCUT2D eigenvalue weighted by Crippen LogP contribution is -2.55. The molecule has 6 nitrogen and oxygen atoms in total. The normalized spacial score (nSPS) is 18.7. The maximum atomic E-state index is 12.4. The lowest BCUT2D eigenvalue weighted by atomic mass is 9.85. The minimum atomic E-state index is -0.262. The first-order chi connectivity index (χ1) is 14.0. The van der Waals surface area contributed by atoms with Gasteiger partial charge in [0, 0.05) is 45.7 Å². The summed E-state index contributed by atoms with van der Waals surface area (Å²) in [5, 5.41) is 7.25. The number of amides is 1. The fraction of sp³-hybridized carbons (Fsp3) is 0.391. The fourth-order valence-electron chi connectivity index (χ4n) is 3.97. The molecule has 0 bridgehead atoms. The summed E-state index contributed by atoms with van der Waals surface area (Å²) in [6.45, 7) is 4.10. The number of anilines is 2. The van der Waals surface area contributed by atoms with E-state index in [9.17, 15) is 4.79 Å². The van der Waals surface area contributed by atoms with Crippen LogP contribution < -0.4 is 10.6 Å². The Labute approximate surface area is 172 Å². The highest BCUT2D eigenvalue weighted by Crippen LogP contribution is 2.37. The van der Waals surface area contributed by atoms with Crippen molar-refractivity contribution in [2.45, 2.75) is 31.8 Å². The van der Waals surface area contributed by atoms with Crippen LogP contribution >= 0.6 is 0 Å². The molecule has 0 unspecified atom stereocenters. The van der Waals surface area contributed by atoms with Crippen LogP contribution in [0.4, 0.5) is 11.4 Å². The Morgan fingerprint density at radius 3 is 2.66 bits per heavy atom. The van der Waals surface area contributed by atoms with E-state index in [2.05, 4.69) is 41.8 Å². The molecule has 6 heteroatoms. The maximum absolute atomic E-state index is 12.4. The molecule has 2 aliphatic heterocycles. The van der Waals surface area contributed by atoms with Gasteiger partial charge in [0.2, 0.25) is 0 Å². The monoisotopic (exact) mass is 392 g/mol. The first-order valence-corrected chi connectivity index (χ1v) is 10.1. The summed E-state index contributed by atoms with van der Waals surface area (Å²) in [5.74, 6) is 0.906. The Kier molecular flexibility index (Phi) is 5.28. The van der Waals surface area contributed by atoms with Crippen LogP contribution in [0.1, 0.15) is 34.3 Å². The molecule has 0 radical (unpaired) electrons. The molecule has 1 amide bonds. The molecule has 2 heterocycles. The number of aliphatic imine (C=N–C) groups is 1. The smallest absolute Gasteiger partial charge is 0.253 e. The highest BCUT2D eigenvalue weighted by molar-refractivity contribution is 6.10. The largest absolute Gasteiger partial charge is 0.381 e. The van der Waals surface area contributed by atoms with E-state index in [1.807, 2.05) is 18.2 Å². The van der Waals surface area contributed by atoms with Crippen LogP contribution in [0.15, 0.2) is 47.5 Å². The topological polar surface area (TPSA) is 66.0 Å². The number of nitrogens with one attached hydrogen (secondary N) is 2. The number of hydrogen-bond acceptors (Lipinski definition) is 4. The van der Waals surface area contributed by atoms with Gasteiger partial charge in [0.05, 0.1) is 23.5 Å². The first kappa shape index (κ1) is 19.5. The summed E-state index contributed by atoms with van der Waals surface area (Å²) in [5.41, 5.74) is 4.69. The van der Waals surface area contributed by atoms with Gasteiger partial charge < -0.3 is 20.3 Å². The van der Waals surface area contributed by atoms with Gasteiger partial charge in [-0.3, -0.25) is 9.79 Å². The number of ether oxygens (including phenoxy) is 1. The quantitative estimate of drug-likeness (QED) is 0.836. The van der Waals surface area contributed by atoms with Crippen LogP contribution in [0, 0.1) is 6.92 Å². The maximum Gasteiger partial charge on any atom is 0.253 e. The third-order valence-corrected chi connectivity index (χ3v) is 5.60. The predicted molar refractivity (Wildman–Crippen MR) is 117 cm³/mol. The molecule has 2 aliphatic rings. The number of carbonyl (C=O) groups excluding carboxylic acids is 1. The SMILES string of the molecule is Cc1cccc(CN=C2Nc3cc(C(=O)N(C)C)ccc3NC23CCOCC3)c1. The van der Waals surface area contributed by atoms with Crippen molar-refractivity contribution in [3.05, 3.63) is 59.2 Å². The fourth-order valence-corrected chi connectivity index (χ4v) is 3.97. The zero-order valence-electron chi connectivity index (χ0n) is 17.3. The molecule has 1 spiro atoms. The van der Waals surface area contributed by atoms with Crippen LogP contribution in [-0.2, 0) is 11.3 Å². The molecule has 2 N–H and O–H groups in total. The van der Waals surface area contributed by atoms with Crippen molar-refractivity contribution in [1.29, 1.82) is 0 Å². The number of nitrogens with zero attached hydrogens (tertiary/aromatic N) is 2. The van der Waals surface area contributed by atoms with Gasteiger partial charge in [0.1, 0.15) is 5.84 Å². The van der Waals surface area contributed by atoms with Crippen LogP contribution in [0.25, 0.3) is 0 Å². The van der Waals surface area contributed by atoms with Crippen molar-refractivity contribution >= 4 is 23.1 Å². The molecule has 29 heavy (non-hydrogen) atoms. The zero-order chi connectivity index (χ0) is 20.4. The third kappa shape index (κ3) is 3.98. The second-order valence-electron chi connectivity index (χ2n) is 8.06. The lowest BCUT2D eigenvalue weighted by molar-refractivity contribution is 0.0778. The Hall–Kier alpha value is -2.86. The van der Waals surface area contributed by atoms with Crippen LogP contribution in [0.2, 0.25) is 0 Å². The Morgan fingerprint density at radius 2 is 1.93 bits per heavy atom. The number of rotatable bonds is 3. The van der Waals surface area contributed by atoms with Crippen molar-refractivity contribution in [2.24, 2.45) is 4.99 Å². The summed E-state index contributed by atoms with van der Waals surface area (Å²) < 4.78 is 5.62. The van der Waals surface area contributed by atoms with E-state index in [-0.39, 0.29) is 11.4 Å². The van der Waals surface area contributed by atoms with Gasteiger partial charge in [-0.2, -0.15) is 0 Å². The minimum Gasteiger partial charge on any atom is -0.381 e. The molecule has 152 valence electrons. The number of aryl methyl sites for hydroxylation is 1. The standard InChI is InChI=1S/C23H28N4O2/c1-16-5-4-6-17(13-16)15-24-22-23(9-11-29-12-10-23)26-19-8-7-18(14-20(19)25-22)21(28)27(2)3/h4-8,13-14,26H,9-12,15H2,1-3H3,(H,24,25). The molecular weight excluding hydrogens is 364 g/mol. The molecule has 0 atom stereocenters. The highest BCUT2D eigenvalue weighted by atomic mass is 16.5. The van der Waals surface area contributed by atoms with Crippen molar-refractivity contribution in [3.8, 4) is 0 Å². The van der Waals surface area contributed by atoms with Gasteiger partial charge in [-0.15, -0.1) is 0 Å². The average molecular weight is 393 g/mol. The predicted octanol–water partition coefficient (Wildman–Crippen LogP) is 3.68. The number of amidine groups is 1. The molecule has 0 aliphatic carbocycles. The van der Waals surface area contributed by atoms with Gasteiger partial charge in [-0.1, -0.05) is 29.8 Å². The van der Waals surface area contributed by atoms with Gasteiger partial charge in [0.15, 0.2) is 0 Å². The molecular formula is C23H28N4O2. The lowest BCUT2D eigenvalue weighted by Gasteiger charge is -2.43. The molecule has 1 saturated heterocycles. The van der Waals surface area contributed by atoms with Crippen molar-refractivity contribution in [3.63, 3.8) is 0 Å². The number of hydrogen-bond donors (Lipinski definition) is 2.